The molecule has 3 aromatic heterocycles. The first-order valence-corrected chi connectivity index (χ1v) is 8.01. The van der Waals surface area contributed by atoms with Crippen molar-refractivity contribution in [1.29, 1.82) is 0 Å². The van der Waals surface area contributed by atoms with Crippen LogP contribution in [0.3, 0.4) is 0 Å². The number of hydrogen-bond donors (Lipinski definition) is 1. The zero-order valence-electron chi connectivity index (χ0n) is 13.9. The van der Waals surface area contributed by atoms with Crippen LogP contribution >= 0.6 is 0 Å². The van der Waals surface area contributed by atoms with Gasteiger partial charge in [-0.25, -0.2) is 19.0 Å². The van der Waals surface area contributed by atoms with Crippen molar-refractivity contribution in [3.63, 3.8) is 0 Å². The third-order valence-corrected chi connectivity index (χ3v) is 3.88. The van der Waals surface area contributed by atoms with Gasteiger partial charge in [-0.05, 0) is 36.4 Å². The predicted octanol–water partition coefficient (Wildman–Crippen LogP) is 1.75. The van der Waals surface area contributed by atoms with E-state index in [2.05, 4.69) is 20.4 Å². The Morgan fingerprint density at radius 1 is 1.15 bits per heavy atom. The van der Waals surface area contributed by atoms with Crippen LogP contribution in [0.25, 0.3) is 16.7 Å². The van der Waals surface area contributed by atoms with E-state index in [0.717, 1.165) is 10.6 Å². The van der Waals surface area contributed by atoms with Gasteiger partial charge in [0, 0.05) is 18.6 Å². The molecule has 27 heavy (non-hydrogen) atoms. The molecule has 0 aliphatic heterocycles. The normalized spacial score (nSPS) is 10.9. The summed E-state index contributed by atoms with van der Waals surface area (Å²) in [5, 5.41) is 6.92. The van der Waals surface area contributed by atoms with Gasteiger partial charge in [0.15, 0.2) is 5.82 Å². The molecule has 0 radical (unpaired) electrons. The van der Waals surface area contributed by atoms with E-state index < -0.39 is 17.3 Å². The van der Waals surface area contributed by atoms with E-state index in [1.165, 1.54) is 23.1 Å². The molecule has 0 bridgehead atoms. The van der Waals surface area contributed by atoms with Gasteiger partial charge in [-0.15, -0.1) is 0 Å². The van der Waals surface area contributed by atoms with Crippen LogP contribution < -0.4 is 10.9 Å². The maximum absolute atomic E-state index is 13.4. The van der Waals surface area contributed by atoms with E-state index >= 15 is 0 Å². The average Bonchev–Trinajstić information content (AvgIpc) is 3.19. The molecule has 1 aromatic carbocycles. The Balaban J connectivity index is 1.60. The molecule has 0 aliphatic rings. The third kappa shape index (κ3) is 3.30. The van der Waals surface area contributed by atoms with Gasteiger partial charge in [-0.3, -0.25) is 14.2 Å². The van der Waals surface area contributed by atoms with Gasteiger partial charge in [-0.2, -0.15) is 5.10 Å². The highest BCUT2D eigenvalue weighted by Gasteiger charge is 2.12. The van der Waals surface area contributed by atoms with Crippen LogP contribution in [0.2, 0.25) is 0 Å². The molecule has 0 saturated carbocycles. The Hall–Kier alpha value is -3.88. The average molecular weight is 364 g/mol. The molecule has 9 heteroatoms. The number of amides is 1. The number of fused-ring (bicyclic) bond motifs is 1. The molecule has 0 saturated heterocycles. The van der Waals surface area contributed by atoms with Crippen LogP contribution in [0.1, 0.15) is 0 Å². The van der Waals surface area contributed by atoms with Gasteiger partial charge >= 0.3 is 0 Å². The lowest BCUT2D eigenvalue weighted by Gasteiger charge is -2.11. The molecule has 1 N–H and O–H groups in total. The number of benzene rings is 1. The van der Waals surface area contributed by atoms with E-state index in [4.69, 9.17) is 0 Å². The van der Waals surface area contributed by atoms with Crippen molar-refractivity contribution in [3.05, 3.63) is 77.5 Å². The van der Waals surface area contributed by atoms with Crippen molar-refractivity contribution in [2.75, 3.05) is 5.32 Å². The number of nitrogens with zero attached hydrogens (tertiary/aromatic N) is 5. The van der Waals surface area contributed by atoms with Crippen molar-refractivity contribution in [2.45, 2.75) is 6.54 Å². The largest absolute Gasteiger partial charge is 0.321 e. The molecular formula is C18H13FN6O2. The molecule has 0 fully saturated rings. The second-order valence-electron chi connectivity index (χ2n) is 5.71. The highest BCUT2D eigenvalue weighted by Crippen LogP contribution is 2.16. The van der Waals surface area contributed by atoms with Crippen molar-refractivity contribution >= 4 is 22.5 Å². The van der Waals surface area contributed by atoms with E-state index in [1.807, 2.05) is 0 Å². The Bertz CT molecular complexity index is 1190. The number of rotatable bonds is 4. The molecule has 4 aromatic rings. The first-order valence-electron chi connectivity index (χ1n) is 8.01. The maximum atomic E-state index is 13.4. The fraction of sp³-hybridized carbons (Fsp3) is 0.0556. The van der Waals surface area contributed by atoms with Crippen LogP contribution in [0, 0.1) is 5.82 Å². The molecule has 0 atom stereocenters. The number of carbonyl (C=O) groups excluding carboxylic acids is 1. The number of nitrogens with one attached hydrogen (secondary N) is 1. The van der Waals surface area contributed by atoms with Crippen LogP contribution in [0.15, 0.2) is 66.1 Å². The van der Waals surface area contributed by atoms with Gasteiger partial charge in [0.25, 0.3) is 5.56 Å². The molecule has 3 heterocycles. The summed E-state index contributed by atoms with van der Waals surface area (Å²) >= 11 is 0. The maximum Gasteiger partial charge on any atom is 0.261 e. The fourth-order valence-corrected chi connectivity index (χ4v) is 2.66. The van der Waals surface area contributed by atoms with Gasteiger partial charge in [0.2, 0.25) is 5.91 Å². The van der Waals surface area contributed by atoms with Crippen LogP contribution in [0.4, 0.5) is 10.1 Å². The minimum atomic E-state index is -0.539. The lowest BCUT2D eigenvalue weighted by molar-refractivity contribution is -0.116. The van der Waals surface area contributed by atoms with E-state index in [9.17, 15) is 14.0 Å². The lowest BCUT2D eigenvalue weighted by Crippen LogP contribution is -2.28. The second kappa shape index (κ2) is 6.79. The summed E-state index contributed by atoms with van der Waals surface area (Å²) in [4.78, 5) is 33.2. The first-order chi connectivity index (χ1) is 13.1. The summed E-state index contributed by atoms with van der Waals surface area (Å²) in [5.74, 6) is -0.541. The van der Waals surface area contributed by atoms with Crippen molar-refractivity contribution in [3.8, 4) is 5.82 Å². The zero-order chi connectivity index (χ0) is 18.8. The summed E-state index contributed by atoms with van der Waals surface area (Å²) in [6.45, 7) is -0.272. The monoisotopic (exact) mass is 364 g/mol. The number of pyridine rings is 1. The van der Waals surface area contributed by atoms with E-state index in [1.54, 1.807) is 36.8 Å². The number of halogens is 1. The predicted molar refractivity (Wildman–Crippen MR) is 95.9 cm³/mol. The van der Waals surface area contributed by atoms with E-state index in [-0.39, 0.29) is 11.9 Å². The second-order valence-corrected chi connectivity index (χ2v) is 5.71. The quantitative estimate of drug-likeness (QED) is 0.595. The van der Waals surface area contributed by atoms with Crippen molar-refractivity contribution in [1.82, 2.24) is 24.3 Å². The molecule has 0 aliphatic carbocycles. The number of hydrogen-bond acceptors (Lipinski definition) is 5. The lowest BCUT2D eigenvalue weighted by atomic mass is 10.2. The molecule has 134 valence electrons. The third-order valence-electron chi connectivity index (χ3n) is 3.88. The SMILES string of the molecule is O=C(Cn1cnc2ccc(F)cc2c1=O)Nc1cccnc1-n1cccn1. The summed E-state index contributed by atoms with van der Waals surface area (Å²) in [6.07, 6.45) is 6.14. The number of anilines is 1. The van der Waals surface area contributed by atoms with Gasteiger partial charge in [-0.1, -0.05) is 0 Å². The minimum absolute atomic E-state index is 0.115. The number of aromatic nitrogens is 5. The zero-order valence-corrected chi connectivity index (χ0v) is 13.9. The van der Waals surface area contributed by atoms with Crippen LogP contribution in [0.5, 0.6) is 0 Å². The Morgan fingerprint density at radius 3 is 2.85 bits per heavy atom. The summed E-state index contributed by atoms with van der Waals surface area (Å²) in [6, 6.07) is 8.84. The number of carbonyl (C=O) groups is 1. The minimum Gasteiger partial charge on any atom is -0.321 e. The molecular weight excluding hydrogens is 351 g/mol. The van der Waals surface area contributed by atoms with Crippen LogP contribution in [-0.2, 0) is 11.3 Å². The Labute approximate surface area is 151 Å². The van der Waals surface area contributed by atoms with Gasteiger partial charge in [0.05, 0.1) is 22.9 Å². The van der Waals surface area contributed by atoms with Gasteiger partial charge < -0.3 is 5.32 Å². The topological polar surface area (TPSA) is 94.7 Å². The smallest absolute Gasteiger partial charge is 0.261 e. The highest BCUT2D eigenvalue weighted by atomic mass is 19.1. The van der Waals surface area contributed by atoms with Gasteiger partial charge in [0.1, 0.15) is 12.4 Å². The molecule has 4 rings (SSSR count). The molecule has 0 spiro atoms. The van der Waals surface area contributed by atoms with Crippen LogP contribution in [-0.4, -0.2) is 30.2 Å². The molecule has 1 amide bonds. The summed E-state index contributed by atoms with van der Waals surface area (Å²) in [7, 11) is 0. The summed E-state index contributed by atoms with van der Waals surface area (Å²) < 4.78 is 16.0. The van der Waals surface area contributed by atoms with Crippen molar-refractivity contribution < 1.29 is 9.18 Å². The standard InChI is InChI=1S/C18H13FN6O2/c19-12-4-5-14-13(9-12)18(27)24(11-21-14)10-16(26)23-15-3-1-6-20-17(15)25-8-2-7-22-25/h1-9,11H,10H2,(H,23,26). The molecule has 8 nitrogen and oxygen atoms in total. The highest BCUT2D eigenvalue weighted by molar-refractivity contribution is 5.92. The van der Waals surface area contributed by atoms with Crippen molar-refractivity contribution in [2.24, 2.45) is 0 Å². The Kier molecular flexibility index (Phi) is 4.17. The Morgan fingerprint density at radius 2 is 2.04 bits per heavy atom. The van der Waals surface area contributed by atoms with E-state index in [0.29, 0.717) is 17.0 Å². The summed E-state index contributed by atoms with van der Waals surface area (Å²) in [5.41, 5.74) is 0.318. The molecule has 0 unspecified atom stereocenters. The first kappa shape index (κ1) is 16.6. The fourth-order valence-electron chi connectivity index (χ4n) is 2.66.